The van der Waals surface area contributed by atoms with E-state index < -0.39 is 11.9 Å². The fourth-order valence-electron chi connectivity index (χ4n) is 0.714. The summed E-state index contributed by atoms with van der Waals surface area (Å²) in [7, 11) is 0. The number of carboxylic acid groups (broad SMARTS) is 2. The van der Waals surface area contributed by atoms with Crippen molar-refractivity contribution in [1.29, 1.82) is 0 Å². The third-order valence-electron chi connectivity index (χ3n) is 2.08. The second-order valence-electron chi connectivity index (χ2n) is 4.46. The molecule has 0 saturated heterocycles. The number of carboxylic acids is 2. The van der Waals surface area contributed by atoms with Gasteiger partial charge in [-0.15, -0.1) is 0 Å². The Balaban J connectivity index is -0.000000253. The molecular formula is C18H28O6. The molecule has 0 aromatic heterocycles. The maximum atomic E-state index is 9.60. The van der Waals surface area contributed by atoms with Crippen LogP contribution in [-0.2, 0) is 16.0 Å². The molecule has 1 aromatic carbocycles. The van der Waals surface area contributed by atoms with E-state index >= 15 is 0 Å². The number of aliphatic hydroxyl groups excluding tert-OH is 2. The highest BCUT2D eigenvalue weighted by molar-refractivity contribution is 5.85. The van der Waals surface area contributed by atoms with Crippen LogP contribution in [0.25, 0.3) is 0 Å². The van der Waals surface area contributed by atoms with Gasteiger partial charge in [0.2, 0.25) is 0 Å². The van der Waals surface area contributed by atoms with Gasteiger partial charge in [0.05, 0.1) is 13.2 Å². The van der Waals surface area contributed by atoms with Crippen molar-refractivity contribution in [2.45, 2.75) is 27.2 Å². The highest BCUT2D eigenvalue weighted by Crippen LogP contribution is 1.96. The van der Waals surface area contributed by atoms with Crippen LogP contribution in [0, 0.1) is 0 Å². The predicted molar refractivity (Wildman–Crippen MR) is 94.9 cm³/mol. The molecule has 0 radical (unpaired) electrons. The Morgan fingerprint density at radius 3 is 1.29 bits per heavy atom. The van der Waals surface area contributed by atoms with Gasteiger partial charge in [0.15, 0.2) is 0 Å². The zero-order valence-corrected chi connectivity index (χ0v) is 14.5. The molecule has 1 aromatic rings. The molecule has 0 unspecified atom stereocenters. The van der Waals surface area contributed by atoms with Crippen molar-refractivity contribution in [3.63, 3.8) is 0 Å². The normalized spacial score (nSPS) is 8.04. The van der Waals surface area contributed by atoms with Crippen molar-refractivity contribution in [3.05, 3.63) is 60.2 Å². The van der Waals surface area contributed by atoms with Gasteiger partial charge in [-0.25, -0.2) is 9.59 Å². The molecule has 24 heavy (non-hydrogen) atoms. The van der Waals surface area contributed by atoms with Gasteiger partial charge in [-0.3, -0.25) is 0 Å². The largest absolute Gasteiger partial charge is 0.478 e. The number of hydrogen-bond donors (Lipinski definition) is 4. The molecule has 136 valence electrons. The highest BCUT2D eigenvalue weighted by atomic mass is 16.4. The zero-order chi connectivity index (χ0) is 19.5. The van der Waals surface area contributed by atoms with Crippen LogP contribution >= 0.6 is 0 Å². The summed E-state index contributed by atoms with van der Waals surface area (Å²) in [6.07, 6.45) is 1.14. The Morgan fingerprint density at radius 2 is 1.17 bits per heavy atom. The van der Waals surface area contributed by atoms with Crippen molar-refractivity contribution in [3.8, 4) is 0 Å². The summed E-state index contributed by atoms with van der Waals surface area (Å²) in [5.41, 5.74) is 1.76. The molecule has 0 bridgehead atoms. The molecule has 0 fully saturated rings. The van der Waals surface area contributed by atoms with Crippen molar-refractivity contribution < 1.29 is 30.0 Å². The summed E-state index contributed by atoms with van der Waals surface area (Å²) in [5.74, 6) is -1.87. The summed E-state index contributed by atoms with van der Waals surface area (Å²) in [4.78, 5) is 19.2. The Labute approximate surface area is 143 Å². The van der Waals surface area contributed by atoms with Crippen molar-refractivity contribution in [2.24, 2.45) is 0 Å². The monoisotopic (exact) mass is 340 g/mol. The van der Waals surface area contributed by atoms with Crippen LogP contribution in [0.3, 0.4) is 0 Å². The Kier molecular flexibility index (Phi) is 20.5. The molecule has 0 saturated carbocycles. The van der Waals surface area contributed by atoms with Crippen LogP contribution in [0.2, 0.25) is 0 Å². The maximum Gasteiger partial charge on any atom is 0.330 e. The Hall–Kier alpha value is -2.44. The molecule has 0 aliphatic heterocycles. The molecule has 0 amide bonds. The van der Waals surface area contributed by atoms with E-state index in [1.807, 2.05) is 6.07 Å². The second kappa shape index (κ2) is 18.6. The topological polar surface area (TPSA) is 115 Å². The number of aliphatic hydroxyl groups is 2. The molecule has 6 nitrogen and oxygen atoms in total. The van der Waals surface area contributed by atoms with Crippen molar-refractivity contribution in [2.75, 3.05) is 13.2 Å². The van der Waals surface area contributed by atoms with E-state index in [4.69, 9.17) is 20.4 Å². The highest BCUT2D eigenvalue weighted by Gasteiger charge is 1.90. The summed E-state index contributed by atoms with van der Waals surface area (Å²) >= 11 is 0. The number of rotatable bonds is 4. The fraction of sp³-hybridized carbons (Fsp3) is 0.333. The molecular weight excluding hydrogens is 312 g/mol. The molecule has 0 aliphatic carbocycles. The van der Waals surface area contributed by atoms with Crippen LogP contribution in [0.15, 0.2) is 54.6 Å². The van der Waals surface area contributed by atoms with Gasteiger partial charge < -0.3 is 20.4 Å². The lowest BCUT2D eigenvalue weighted by Gasteiger charge is -1.89. The van der Waals surface area contributed by atoms with Crippen LogP contribution < -0.4 is 0 Å². The van der Waals surface area contributed by atoms with E-state index in [1.54, 1.807) is 0 Å². The first-order valence-electron chi connectivity index (χ1n) is 7.17. The maximum absolute atomic E-state index is 9.60. The van der Waals surface area contributed by atoms with E-state index in [-0.39, 0.29) is 24.4 Å². The zero-order valence-electron chi connectivity index (χ0n) is 14.5. The lowest BCUT2D eigenvalue weighted by molar-refractivity contribution is -0.133. The molecule has 6 heteroatoms. The molecule has 1 rings (SSSR count). The molecule has 0 atom stereocenters. The third kappa shape index (κ3) is 24.6. The minimum Gasteiger partial charge on any atom is -0.478 e. The smallest absolute Gasteiger partial charge is 0.330 e. The van der Waals surface area contributed by atoms with Crippen LogP contribution in [-0.4, -0.2) is 45.6 Å². The van der Waals surface area contributed by atoms with Crippen LogP contribution in [0.4, 0.5) is 0 Å². The molecule has 0 aliphatic rings. The van der Waals surface area contributed by atoms with Gasteiger partial charge >= 0.3 is 11.9 Å². The van der Waals surface area contributed by atoms with Crippen molar-refractivity contribution in [1.82, 2.24) is 0 Å². The first-order chi connectivity index (χ1) is 11.1. The van der Waals surface area contributed by atoms with Gasteiger partial charge in [-0.05, 0) is 25.8 Å². The second-order valence-corrected chi connectivity index (χ2v) is 4.46. The van der Waals surface area contributed by atoms with E-state index in [9.17, 15) is 9.59 Å². The average Bonchev–Trinajstić information content (AvgIpc) is 2.56. The minimum atomic E-state index is -0.935. The SMILES string of the molecule is C=C(C)C(=O)O.C=C(C)C(=O)O.CCc1ccccc1.OCCO. The van der Waals surface area contributed by atoms with Gasteiger partial charge in [0.1, 0.15) is 0 Å². The number of carbonyl (C=O) groups is 2. The summed E-state index contributed by atoms with van der Waals surface area (Å²) in [6, 6.07) is 10.5. The fourth-order valence-corrected chi connectivity index (χ4v) is 0.714. The van der Waals surface area contributed by atoms with Gasteiger partial charge in [-0.2, -0.15) is 0 Å². The number of aliphatic carboxylic acids is 2. The summed E-state index contributed by atoms with van der Waals surface area (Å²) in [5, 5.41) is 31.0. The standard InChI is InChI=1S/C8H10.2C4H6O2.C2H6O2/c1-2-8-6-4-3-5-7-8;2*1-3(2)4(5)6;3-1-2-4/h3-7H,2H2,1H3;2*1H2,2H3,(H,5,6);3-4H,1-2H2. The summed E-state index contributed by atoms with van der Waals surface area (Å²) < 4.78 is 0. The average molecular weight is 340 g/mol. The first-order valence-corrected chi connectivity index (χ1v) is 7.17. The van der Waals surface area contributed by atoms with E-state index in [1.165, 1.54) is 19.4 Å². The van der Waals surface area contributed by atoms with Crippen LogP contribution in [0.5, 0.6) is 0 Å². The van der Waals surface area contributed by atoms with Crippen molar-refractivity contribution >= 4 is 11.9 Å². The van der Waals surface area contributed by atoms with Crippen LogP contribution in [0.1, 0.15) is 26.3 Å². The van der Waals surface area contributed by atoms with Gasteiger partial charge in [-0.1, -0.05) is 50.4 Å². The van der Waals surface area contributed by atoms with E-state index in [2.05, 4.69) is 44.3 Å². The lowest BCUT2D eigenvalue weighted by Crippen LogP contribution is -1.92. The Bertz CT molecular complexity index is 430. The minimum absolute atomic E-state index is 0.125. The van der Waals surface area contributed by atoms with E-state index in [0.29, 0.717) is 0 Å². The predicted octanol–water partition coefficient (Wildman–Crippen LogP) is 2.51. The quantitative estimate of drug-likeness (QED) is 0.626. The first kappa shape index (κ1) is 26.5. The number of hydrogen-bond acceptors (Lipinski definition) is 4. The number of benzene rings is 1. The third-order valence-corrected chi connectivity index (χ3v) is 2.08. The molecule has 4 N–H and O–H groups in total. The van der Waals surface area contributed by atoms with E-state index in [0.717, 1.165) is 6.42 Å². The van der Waals surface area contributed by atoms with Gasteiger partial charge in [0, 0.05) is 11.1 Å². The number of aryl methyl sites for hydroxylation is 1. The van der Waals surface area contributed by atoms with Gasteiger partial charge in [0.25, 0.3) is 0 Å². The molecule has 0 spiro atoms. The Morgan fingerprint density at radius 1 is 0.875 bits per heavy atom. The molecule has 0 heterocycles. The summed E-state index contributed by atoms with van der Waals surface area (Å²) in [6.45, 7) is 11.1. The lowest BCUT2D eigenvalue weighted by atomic mass is 10.2.